The molecule has 0 atom stereocenters. The van der Waals surface area contributed by atoms with Crippen LogP contribution in [0.2, 0.25) is 0 Å². The second-order valence-corrected chi connectivity index (χ2v) is 20.0. The van der Waals surface area contributed by atoms with E-state index in [2.05, 4.69) is 18.6 Å². The first-order valence-corrected chi connectivity index (χ1v) is 14.3. The topological polar surface area (TPSA) is 0 Å². The third-order valence-corrected chi connectivity index (χ3v) is 9.41. The Hall–Kier alpha value is 1.97. The second-order valence-electron chi connectivity index (χ2n) is 0.136. The van der Waals surface area contributed by atoms with Gasteiger partial charge in [0.15, 0.2) is 0 Å². The molecule has 0 radical (unpaired) electrons. The quantitative estimate of drug-likeness (QED) is 0.555. The summed E-state index contributed by atoms with van der Waals surface area (Å²) in [5, 5.41) is 0. The van der Waals surface area contributed by atoms with Crippen molar-refractivity contribution in [2.24, 2.45) is 0 Å². The zero-order valence-corrected chi connectivity index (χ0v) is 8.18. The fraction of sp³-hybridized carbons (Fsp3) is 0. The molecule has 0 aromatic rings. The van der Waals surface area contributed by atoms with Crippen molar-refractivity contribution in [2.75, 3.05) is 0 Å². The first-order chi connectivity index (χ1) is 1.91. The van der Waals surface area contributed by atoms with Gasteiger partial charge >= 0.3 is 51.5 Å². The summed E-state index contributed by atoms with van der Waals surface area (Å²) < 4.78 is 5.18. The van der Waals surface area contributed by atoms with E-state index < -0.39 is 0 Å². The van der Waals surface area contributed by atoms with Gasteiger partial charge < -0.3 is 0 Å². The van der Waals surface area contributed by atoms with Gasteiger partial charge in [-0.05, 0) is 0 Å². The first kappa shape index (κ1) is 5.97. The van der Waals surface area contributed by atoms with Crippen molar-refractivity contribution in [2.45, 2.75) is 0 Å². The summed E-state index contributed by atoms with van der Waals surface area (Å²) in [7, 11) is 0. The summed E-state index contributed by atoms with van der Waals surface area (Å²) in [5.41, 5.74) is 0. The Morgan fingerprint density at radius 2 is 2.00 bits per heavy atom. The molecule has 0 nitrogen and oxygen atoms in total. The summed E-state index contributed by atoms with van der Waals surface area (Å²) in [4.78, 5) is 0. The minimum absolute atomic E-state index is 0.207. The van der Waals surface area contributed by atoms with Gasteiger partial charge in [0.1, 0.15) is 0 Å². The molecule has 4 heavy (non-hydrogen) atoms. The van der Waals surface area contributed by atoms with Crippen LogP contribution in [0, 0.1) is 4.31 Å². The van der Waals surface area contributed by atoms with E-state index in [4.69, 9.17) is 4.31 Å². The van der Waals surface area contributed by atoms with E-state index in [1.807, 2.05) is 0 Å². The zero-order chi connectivity index (χ0) is 3.41. The number of hydrogen-bond acceptors (Lipinski definition) is 0. The molecular formula is CHI3. The molecule has 0 aliphatic carbocycles. The molecule has 0 heterocycles. The molecule has 0 bridgehead atoms. The summed E-state index contributed by atoms with van der Waals surface area (Å²) >= 11 is 3.06. The average molecular weight is 394 g/mol. The van der Waals surface area contributed by atoms with Gasteiger partial charge in [0.2, 0.25) is 0 Å². The van der Waals surface area contributed by atoms with E-state index in [1.54, 1.807) is 0 Å². The van der Waals surface area contributed by atoms with E-state index >= 15 is 0 Å². The van der Waals surface area contributed by atoms with Crippen LogP contribution in [0.4, 0.5) is 0 Å². The van der Waals surface area contributed by atoms with Crippen molar-refractivity contribution < 1.29 is 0 Å². The average Bonchev–Trinajstić information content (AvgIpc) is 1.37. The van der Waals surface area contributed by atoms with Crippen LogP contribution in [-0.4, -0.2) is 0 Å². The van der Waals surface area contributed by atoms with E-state index in [9.17, 15) is 0 Å². The molecule has 26 valence electrons. The van der Waals surface area contributed by atoms with Gasteiger partial charge in [-0.25, -0.2) is 0 Å². The predicted molar refractivity (Wildman–Crippen MR) is 47.0 cm³/mol. The first-order valence-electron chi connectivity index (χ1n) is 0.504. The third-order valence-electron chi connectivity index (χ3n) is 0.0312. The molecule has 0 saturated heterocycles. The molecule has 0 spiro atoms. The van der Waals surface area contributed by atoms with Gasteiger partial charge in [-0.3, -0.25) is 0 Å². The molecule has 0 aromatic carbocycles. The van der Waals surface area contributed by atoms with E-state index in [-0.39, 0.29) is 15.9 Å². The van der Waals surface area contributed by atoms with Crippen LogP contribution in [0.1, 0.15) is 0 Å². The Bertz CT molecular complexity index is 67.0. The molecule has 0 aliphatic rings. The SMILES string of the molecule is C#I=II. The van der Waals surface area contributed by atoms with E-state index in [0.717, 1.165) is 0 Å². The van der Waals surface area contributed by atoms with Crippen LogP contribution in [0.5, 0.6) is 0 Å². The molecular weight excluding hydrogens is 393 g/mol. The maximum absolute atomic E-state index is 5.18. The molecule has 0 aromatic heterocycles. The number of rotatable bonds is 0. The predicted octanol–water partition coefficient (Wildman–Crippen LogP) is 2.78. The van der Waals surface area contributed by atoms with Crippen LogP contribution < -0.4 is 0 Å². The van der Waals surface area contributed by atoms with Gasteiger partial charge in [0.05, 0.1) is 0 Å². The molecule has 0 amide bonds. The zero-order valence-electron chi connectivity index (χ0n) is 1.71. The van der Waals surface area contributed by atoms with E-state index in [1.165, 1.54) is 0 Å². The van der Waals surface area contributed by atoms with Crippen LogP contribution in [0.15, 0.2) is 0 Å². The summed E-state index contributed by atoms with van der Waals surface area (Å²) in [6.45, 7) is 0. The van der Waals surface area contributed by atoms with Crippen molar-refractivity contribution in [3.63, 3.8) is 0 Å². The fourth-order valence-electron chi connectivity index (χ4n) is 0. The van der Waals surface area contributed by atoms with Crippen molar-refractivity contribution in [1.82, 2.24) is 0 Å². The fourth-order valence-corrected chi connectivity index (χ4v) is 0. The van der Waals surface area contributed by atoms with Gasteiger partial charge in [0.25, 0.3) is 0 Å². The molecule has 0 fully saturated rings. The number of halogens is 3. The van der Waals surface area contributed by atoms with Crippen molar-refractivity contribution >= 4 is 47.1 Å². The summed E-state index contributed by atoms with van der Waals surface area (Å²) in [6.07, 6.45) is 0. The van der Waals surface area contributed by atoms with Crippen molar-refractivity contribution in [3.8, 4) is 4.31 Å². The van der Waals surface area contributed by atoms with Gasteiger partial charge in [-0.2, -0.15) is 0 Å². The third kappa shape index (κ3) is 3.97. The van der Waals surface area contributed by atoms with Crippen molar-refractivity contribution in [1.29, 1.82) is 0 Å². The van der Waals surface area contributed by atoms with Crippen LogP contribution in [0.3, 0.4) is 0 Å². The molecule has 0 N–H and O–H groups in total. The Balaban J connectivity index is 3.36. The second kappa shape index (κ2) is 4.97. The van der Waals surface area contributed by atoms with E-state index in [0.29, 0.717) is 12.6 Å². The van der Waals surface area contributed by atoms with Crippen LogP contribution in [0.25, 0.3) is 0 Å². The van der Waals surface area contributed by atoms with Gasteiger partial charge in [0, 0.05) is 0 Å². The number of hydrogen-bond donors (Lipinski definition) is 0. The standard InChI is InChI=1S/CHI3/c1-3-4-2/h1H. The normalized spacial score (nSPS) is 6.00. The van der Waals surface area contributed by atoms with Gasteiger partial charge in [-0.15, -0.1) is 0 Å². The maximum atomic E-state index is 5.18. The Labute approximate surface area is 50.3 Å². The van der Waals surface area contributed by atoms with Crippen LogP contribution in [-0.2, 0) is 0 Å². The minimum atomic E-state index is 0.207. The van der Waals surface area contributed by atoms with Crippen LogP contribution >= 0.6 is 47.1 Å². The molecule has 0 unspecified atom stereocenters. The molecule has 0 saturated carbocycles. The molecule has 3 heteroatoms. The molecule has 0 rings (SSSR count). The summed E-state index contributed by atoms with van der Waals surface area (Å²) in [6, 6.07) is 0. The Kier molecular flexibility index (Phi) is 7.42. The Morgan fingerprint density at radius 3 is 2.00 bits per heavy atom. The Morgan fingerprint density at radius 1 is 1.75 bits per heavy atom. The van der Waals surface area contributed by atoms with Crippen molar-refractivity contribution in [3.05, 3.63) is 0 Å². The molecule has 0 aliphatic heterocycles. The summed E-state index contributed by atoms with van der Waals surface area (Å²) in [5.74, 6) is 0. The van der Waals surface area contributed by atoms with Gasteiger partial charge in [-0.1, -0.05) is 0 Å². The monoisotopic (exact) mass is 394 g/mol.